The van der Waals surface area contributed by atoms with Crippen LogP contribution in [0, 0.1) is 0 Å². The number of para-hydroxylation sites is 1. The molecule has 0 bridgehead atoms. The quantitative estimate of drug-likeness (QED) is 0.896. The summed E-state index contributed by atoms with van der Waals surface area (Å²) in [5.41, 5.74) is 8.52. The van der Waals surface area contributed by atoms with Gasteiger partial charge in [-0.05, 0) is 17.7 Å². The second-order valence-electron chi connectivity index (χ2n) is 3.83. The van der Waals surface area contributed by atoms with Gasteiger partial charge >= 0.3 is 0 Å². The molecule has 0 saturated carbocycles. The summed E-state index contributed by atoms with van der Waals surface area (Å²) >= 11 is 0. The van der Waals surface area contributed by atoms with E-state index in [0.717, 1.165) is 16.7 Å². The summed E-state index contributed by atoms with van der Waals surface area (Å²) in [6, 6.07) is 7.76. The molecule has 18 heavy (non-hydrogen) atoms. The van der Waals surface area contributed by atoms with Gasteiger partial charge in [-0.15, -0.1) is 0 Å². The Hall–Kier alpha value is -2.07. The number of hydrogen-bond acceptors (Lipinski definition) is 4. The van der Waals surface area contributed by atoms with E-state index in [1.54, 1.807) is 26.6 Å². The van der Waals surface area contributed by atoms with Gasteiger partial charge in [-0.2, -0.15) is 0 Å². The zero-order valence-electron chi connectivity index (χ0n) is 10.5. The maximum Gasteiger partial charge on any atom is 0.168 e. The third-order valence-corrected chi connectivity index (χ3v) is 2.74. The molecule has 0 radical (unpaired) electrons. The van der Waals surface area contributed by atoms with Gasteiger partial charge in [-0.1, -0.05) is 12.1 Å². The van der Waals surface area contributed by atoms with Crippen LogP contribution in [0.5, 0.6) is 11.5 Å². The van der Waals surface area contributed by atoms with Gasteiger partial charge in [0.2, 0.25) is 0 Å². The predicted molar refractivity (Wildman–Crippen MR) is 70.7 cm³/mol. The van der Waals surface area contributed by atoms with E-state index in [9.17, 15) is 0 Å². The van der Waals surface area contributed by atoms with E-state index in [1.807, 2.05) is 24.3 Å². The van der Waals surface area contributed by atoms with Crippen molar-refractivity contribution in [3.05, 3.63) is 42.2 Å². The molecule has 4 nitrogen and oxygen atoms in total. The molecule has 0 unspecified atom stereocenters. The van der Waals surface area contributed by atoms with Gasteiger partial charge in [0.25, 0.3) is 0 Å². The van der Waals surface area contributed by atoms with E-state index in [0.29, 0.717) is 18.0 Å². The van der Waals surface area contributed by atoms with Crippen molar-refractivity contribution in [2.75, 3.05) is 14.2 Å². The Kier molecular flexibility index (Phi) is 3.79. The SMILES string of the molecule is COc1cccc(-c2cncc(CN)c2)c1OC. The standard InChI is InChI=1S/C14H16N2O2/c1-17-13-5-3-4-12(14(13)18-2)11-6-10(7-15)8-16-9-11/h3-6,8-9H,7,15H2,1-2H3. The van der Waals surface area contributed by atoms with Gasteiger partial charge in [0.1, 0.15) is 0 Å². The summed E-state index contributed by atoms with van der Waals surface area (Å²) in [5, 5.41) is 0. The molecule has 1 heterocycles. The molecule has 2 N–H and O–H groups in total. The van der Waals surface area contributed by atoms with Gasteiger partial charge < -0.3 is 15.2 Å². The van der Waals surface area contributed by atoms with Crippen molar-refractivity contribution in [1.82, 2.24) is 4.98 Å². The fourth-order valence-corrected chi connectivity index (χ4v) is 1.86. The number of pyridine rings is 1. The van der Waals surface area contributed by atoms with Crippen LogP contribution < -0.4 is 15.2 Å². The Morgan fingerprint density at radius 3 is 2.67 bits per heavy atom. The van der Waals surface area contributed by atoms with Gasteiger partial charge in [0.05, 0.1) is 14.2 Å². The molecule has 94 valence electrons. The Bertz CT molecular complexity index is 541. The second kappa shape index (κ2) is 5.51. The molecular weight excluding hydrogens is 228 g/mol. The Morgan fingerprint density at radius 2 is 2.00 bits per heavy atom. The van der Waals surface area contributed by atoms with E-state index < -0.39 is 0 Å². The zero-order chi connectivity index (χ0) is 13.0. The van der Waals surface area contributed by atoms with Crippen molar-refractivity contribution in [1.29, 1.82) is 0 Å². The van der Waals surface area contributed by atoms with Crippen molar-refractivity contribution >= 4 is 0 Å². The lowest BCUT2D eigenvalue weighted by molar-refractivity contribution is 0.356. The number of rotatable bonds is 4. The lowest BCUT2D eigenvalue weighted by atomic mass is 10.0. The van der Waals surface area contributed by atoms with E-state index in [1.165, 1.54) is 0 Å². The first-order valence-corrected chi connectivity index (χ1v) is 5.65. The van der Waals surface area contributed by atoms with Crippen LogP contribution in [0.2, 0.25) is 0 Å². The molecule has 2 rings (SSSR count). The topological polar surface area (TPSA) is 57.4 Å². The monoisotopic (exact) mass is 244 g/mol. The highest BCUT2D eigenvalue weighted by Crippen LogP contribution is 2.37. The number of benzene rings is 1. The predicted octanol–water partition coefficient (Wildman–Crippen LogP) is 2.22. The van der Waals surface area contributed by atoms with Gasteiger partial charge in [0, 0.05) is 30.1 Å². The minimum absolute atomic E-state index is 0.465. The molecule has 4 heteroatoms. The van der Waals surface area contributed by atoms with Crippen LogP contribution >= 0.6 is 0 Å². The van der Waals surface area contributed by atoms with E-state index in [-0.39, 0.29) is 0 Å². The summed E-state index contributed by atoms with van der Waals surface area (Å²) in [4.78, 5) is 4.19. The van der Waals surface area contributed by atoms with Crippen LogP contribution in [0.25, 0.3) is 11.1 Å². The maximum absolute atomic E-state index is 5.63. The highest BCUT2D eigenvalue weighted by atomic mass is 16.5. The maximum atomic E-state index is 5.63. The summed E-state index contributed by atoms with van der Waals surface area (Å²) in [7, 11) is 3.25. The minimum atomic E-state index is 0.465. The van der Waals surface area contributed by atoms with Crippen LogP contribution in [0.3, 0.4) is 0 Å². The summed E-state index contributed by atoms with van der Waals surface area (Å²) in [5.74, 6) is 1.41. The highest BCUT2D eigenvalue weighted by Gasteiger charge is 2.11. The minimum Gasteiger partial charge on any atom is -0.493 e. The molecule has 1 aromatic heterocycles. The fraction of sp³-hybridized carbons (Fsp3) is 0.214. The van der Waals surface area contributed by atoms with E-state index in [4.69, 9.17) is 15.2 Å². The van der Waals surface area contributed by atoms with Crippen molar-refractivity contribution in [2.24, 2.45) is 5.73 Å². The molecule has 0 amide bonds. The zero-order valence-corrected chi connectivity index (χ0v) is 10.5. The van der Waals surface area contributed by atoms with E-state index in [2.05, 4.69) is 4.98 Å². The lowest BCUT2D eigenvalue weighted by Crippen LogP contribution is -1.98. The molecule has 0 spiro atoms. The number of nitrogens with zero attached hydrogens (tertiary/aromatic N) is 1. The molecule has 0 aliphatic heterocycles. The number of methoxy groups -OCH3 is 2. The Labute approximate surface area is 106 Å². The molecule has 2 aromatic rings. The number of hydrogen-bond donors (Lipinski definition) is 1. The Morgan fingerprint density at radius 1 is 1.17 bits per heavy atom. The number of nitrogens with two attached hydrogens (primary N) is 1. The fourth-order valence-electron chi connectivity index (χ4n) is 1.86. The summed E-state index contributed by atoms with van der Waals surface area (Å²) < 4.78 is 10.7. The first kappa shape index (κ1) is 12.4. The molecule has 1 aromatic carbocycles. The first-order chi connectivity index (χ1) is 8.80. The normalized spacial score (nSPS) is 10.2. The van der Waals surface area contributed by atoms with Crippen LogP contribution in [-0.4, -0.2) is 19.2 Å². The van der Waals surface area contributed by atoms with Crippen LogP contribution in [0.15, 0.2) is 36.7 Å². The second-order valence-corrected chi connectivity index (χ2v) is 3.83. The van der Waals surface area contributed by atoms with Crippen molar-refractivity contribution in [3.63, 3.8) is 0 Å². The van der Waals surface area contributed by atoms with Crippen molar-refractivity contribution < 1.29 is 9.47 Å². The van der Waals surface area contributed by atoms with Gasteiger partial charge in [-0.25, -0.2) is 0 Å². The van der Waals surface area contributed by atoms with Crippen molar-refractivity contribution in [2.45, 2.75) is 6.54 Å². The molecule has 0 saturated heterocycles. The summed E-state index contributed by atoms with van der Waals surface area (Å²) in [6.45, 7) is 0.465. The van der Waals surface area contributed by atoms with Crippen molar-refractivity contribution in [3.8, 4) is 22.6 Å². The van der Waals surface area contributed by atoms with E-state index >= 15 is 0 Å². The van der Waals surface area contributed by atoms with Crippen LogP contribution in [0.1, 0.15) is 5.56 Å². The highest BCUT2D eigenvalue weighted by molar-refractivity contribution is 5.73. The summed E-state index contributed by atoms with van der Waals surface area (Å²) in [6.07, 6.45) is 3.55. The molecular formula is C14H16N2O2. The van der Waals surface area contributed by atoms with Crippen LogP contribution in [0.4, 0.5) is 0 Å². The smallest absolute Gasteiger partial charge is 0.168 e. The molecule has 0 aliphatic carbocycles. The Balaban J connectivity index is 2.55. The van der Waals surface area contributed by atoms with Gasteiger partial charge in [-0.3, -0.25) is 4.98 Å². The molecule has 0 fully saturated rings. The number of aromatic nitrogens is 1. The van der Waals surface area contributed by atoms with Gasteiger partial charge in [0.15, 0.2) is 11.5 Å². The average molecular weight is 244 g/mol. The van der Waals surface area contributed by atoms with Crippen LogP contribution in [-0.2, 0) is 6.54 Å². The third kappa shape index (κ3) is 2.28. The average Bonchev–Trinajstić information content (AvgIpc) is 2.46. The molecule has 0 atom stereocenters. The number of ether oxygens (including phenoxy) is 2. The largest absolute Gasteiger partial charge is 0.493 e. The third-order valence-electron chi connectivity index (χ3n) is 2.74. The first-order valence-electron chi connectivity index (χ1n) is 5.65. The molecule has 0 aliphatic rings. The lowest BCUT2D eigenvalue weighted by Gasteiger charge is -2.12.